The molecule has 0 saturated carbocycles. The van der Waals surface area contributed by atoms with Crippen molar-refractivity contribution in [3.63, 3.8) is 0 Å². The van der Waals surface area contributed by atoms with Crippen LogP contribution >= 0.6 is 0 Å². The van der Waals surface area contributed by atoms with Crippen molar-refractivity contribution in [3.05, 3.63) is 29.3 Å². The van der Waals surface area contributed by atoms with E-state index in [0.717, 1.165) is 37.2 Å². The van der Waals surface area contributed by atoms with E-state index in [4.69, 9.17) is 9.47 Å². The summed E-state index contributed by atoms with van der Waals surface area (Å²) in [6, 6.07) is 5.98. The largest absolute Gasteiger partial charge is 0.493 e. The summed E-state index contributed by atoms with van der Waals surface area (Å²) in [7, 11) is 1.73. The molecule has 5 nitrogen and oxygen atoms in total. The molecule has 1 saturated heterocycles. The van der Waals surface area contributed by atoms with Crippen molar-refractivity contribution in [2.24, 2.45) is 5.41 Å². The quantitative estimate of drug-likeness (QED) is 0.765. The highest BCUT2D eigenvalue weighted by Crippen LogP contribution is 2.28. The van der Waals surface area contributed by atoms with Gasteiger partial charge in [0.25, 0.3) is 0 Å². The minimum absolute atomic E-state index is 0.0364. The lowest BCUT2D eigenvalue weighted by Crippen LogP contribution is -2.47. The van der Waals surface area contributed by atoms with Gasteiger partial charge in [-0.15, -0.1) is 0 Å². The van der Waals surface area contributed by atoms with E-state index < -0.39 is 0 Å². The number of amides is 1. The lowest BCUT2D eigenvalue weighted by Gasteiger charge is -2.37. The lowest BCUT2D eigenvalue weighted by molar-refractivity contribution is -0.122. The molecule has 2 N–H and O–H groups in total. The fraction of sp³-hybridized carbons (Fsp3) is 0.632. The molecule has 0 aromatic heterocycles. The number of carbonyl (C=O) groups excluding carboxylic acids is 1. The monoisotopic (exact) mass is 334 g/mol. The summed E-state index contributed by atoms with van der Waals surface area (Å²) in [5, 5.41) is 6.42. The predicted molar refractivity (Wildman–Crippen MR) is 95.5 cm³/mol. The standard InChI is InChI=1S/C19H30N2O3/c1-15-5-4-6-17(16(15)2)24-12-7-18(22)21-13-19(14-23-3)8-10-20-11-9-19/h4-6,20H,7-14H2,1-3H3,(H,21,22). The van der Waals surface area contributed by atoms with E-state index in [-0.39, 0.29) is 11.3 Å². The van der Waals surface area contributed by atoms with Crippen LogP contribution in [0.5, 0.6) is 5.75 Å². The molecule has 0 bridgehead atoms. The van der Waals surface area contributed by atoms with E-state index in [1.807, 2.05) is 19.1 Å². The van der Waals surface area contributed by atoms with Gasteiger partial charge in [-0.25, -0.2) is 0 Å². The van der Waals surface area contributed by atoms with Gasteiger partial charge in [0.05, 0.1) is 19.6 Å². The first kappa shape index (κ1) is 18.7. The number of hydrogen-bond acceptors (Lipinski definition) is 4. The molecule has 0 aliphatic carbocycles. The van der Waals surface area contributed by atoms with Crippen molar-refractivity contribution in [2.45, 2.75) is 33.1 Å². The number of aryl methyl sites for hydroxylation is 1. The van der Waals surface area contributed by atoms with Crippen LogP contribution in [-0.4, -0.2) is 45.9 Å². The molecule has 1 amide bonds. The summed E-state index contributed by atoms with van der Waals surface area (Å²) in [5.41, 5.74) is 2.39. The van der Waals surface area contributed by atoms with Crippen LogP contribution < -0.4 is 15.4 Å². The molecule has 1 heterocycles. The third-order valence-electron chi connectivity index (χ3n) is 4.92. The molecule has 1 aliphatic heterocycles. The molecule has 0 unspecified atom stereocenters. The average Bonchev–Trinajstić information content (AvgIpc) is 2.58. The van der Waals surface area contributed by atoms with E-state index in [9.17, 15) is 4.79 Å². The number of benzene rings is 1. The van der Waals surface area contributed by atoms with Crippen LogP contribution in [0.15, 0.2) is 18.2 Å². The zero-order valence-electron chi connectivity index (χ0n) is 15.1. The topological polar surface area (TPSA) is 59.6 Å². The molecule has 0 radical (unpaired) electrons. The molecular formula is C19H30N2O3. The fourth-order valence-corrected chi connectivity index (χ4v) is 3.14. The Balaban J connectivity index is 1.75. The summed E-state index contributed by atoms with van der Waals surface area (Å²) in [6.45, 7) is 7.82. The van der Waals surface area contributed by atoms with Gasteiger partial charge in [-0.3, -0.25) is 4.79 Å². The van der Waals surface area contributed by atoms with Crippen LogP contribution in [0, 0.1) is 19.3 Å². The molecule has 0 spiro atoms. The SMILES string of the molecule is COCC1(CNC(=O)CCOc2cccc(C)c2C)CCNCC1. The Morgan fingerprint density at radius 2 is 2.04 bits per heavy atom. The Bertz CT molecular complexity index is 534. The predicted octanol–water partition coefficient (Wildman–Crippen LogP) is 2.20. The van der Waals surface area contributed by atoms with Crippen molar-refractivity contribution in [1.82, 2.24) is 10.6 Å². The third-order valence-corrected chi connectivity index (χ3v) is 4.92. The smallest absolute Gasteiger partial charge is 0.223 e. The minimum Gasteiger partial charge on any atom is -0.493 e. The highest BCUT2D eigenvalue weighted by Gasteiger charge is 2.32. The summed E-state index contributed by atoms with van der Waals surface area (Å²) >= 11 is 0. The maximum atomic E-state index is 12.1. The minimum atomic E-state index is 0.0364. The van der Waals surface area contributed by atoms with Gasteiger partial charge in [-0.2, -0.15) is 0 Å². The van der Waals surface area contributed by atoms with Crippen LogP contribution in [0.4, 0.5) is 0 Å². The summed E-state index contributed by atoms with van der Waals surface area (Å²) < 4.78 is 11.1. The van der Waals surface area contributed by atoms with E-state index in [0.29, 0.717) is 26.2 Å². The average molecular weight is 334 g/mol. The number of ether oxygens (including phenoxy) is 2. The first-order valence-corrected chi connectivity index (χ1v) is 8.72. The number of hydrogen-bond donors (Lipinski definition) is 2. The molecule has 1 fully saturated rings. The van der Waals surface area contributed by atoms with Crippen LogP contribution in [0.2, 0.25) is 0 Å². The third kappa shape index (κ3) is 5.21. The molecular weight excluding hydrogens is 304 g/mol. The van der Waals surface area contributed by atoms with Crippen LogP contribution in [0.1, 0.15) is 30.4 Å². The van der Waals surface area contributed by atoms with Crippen LogP contribution in [0.25, 0.3) is 0 Å². The lowest BCUT2D eigenvalue weighted by atomic mass is 9.79. The number of nitrogens with one attached hydrogen (secondary N) is 2. The molecule has 1 aliphatic rings. The number of rotatable bonds is 8. The second kappa shape index (κ2) is 9.04. The normalized spacial score (nSPS) is 16.6. The van der Waals surface area contributed by atoms with Gasteiger partial charge in [0.2, 0.25) is 5.91 Å². The van der Waals surface area contributed by atoms with Crippen molar-refractivity contribution in [3.8, 4) is 5.75 Å². The van der Waals surface area contributed by atoms with Gasteiger partial charge in [-0.05, 0) is 57.0 Å². The van der Waals surface area contributed by atoms with E-state index in [2.05, 4.69) is 23.6 Å². The Labute approximate surface area is 145 Å². The first-order chi connectivity index (χ1) is 11.6. The van der Waals surface area contributed by atoms with Gasteiger partial charge in [0, 0.05) is 19.1 Å². The summed E-state index contributed by atoms with van der Waals surface area (Å²) in [4.78, 5) is 12.1. The van der Waals surface area contributed by atoms with Gasteiger partial charge in [-0.1, -0.05) is 12.1 Å². The fourth-order valence-electron chi connectivity index (χ4n) is 3.14. The zero-order chi connectivity index (χ0) is 17.4. The molecule has 134 valence electrons. The summed E-state index contributed by atoms with van der Waals surface area (Å²) in [6.07, 6.45) is 2.43. The molecule has 2 rings (SSSR count). The molecule has 1 aromatic carbocycles. The molecule has 1 aromatic rings. The Hall–Kier alpha value is -1.59. The van der Waals surface area contributed by atoms with E-state index in [1.165, 1.54) is 5.56 Å². The molecule has 24 heavy (non-hydrogen) atoms. The number of methoxy groups -OCH3 is 1. The first-order valence-electron chi connectivity index (χ1n) is 8.72. The van der Waals surface area contributed by atoms with Gasteiger partial charge >= 0.3 is 0 Å². The maximum Gasteiger partial charge on any atom is 0.223 e. The Morgan fingerprint density at radius 1 is 1.29 bits per heavy atom. The van der Waals surface area contributed by atoms with Crippen molar-refractivity contribution < 1.29 is 14.3 Å². The maximum absolute atomic E-state index is 12.1. The number of piperidine rings is 1. The van der Waals surface area contributed by atoms with Crippen molar-refractivity contribution in [1.29, 1.82) is 0 Å². The van der Waals surface area contributed by atoms with Crippen LogP contribution in [-0.2, 0) is 9.53 Å². The Kier molecular flexibility index (Phi) is 7.06. The Morgan fingerprint density at radius 3 is 2.75 bits per heavy atom. The molecule has 0 atom stereocenters. The highest BCUT2D eigenvalue weighted by atomic mass is 16.5. The van der Waals surface area contributed by atoms with Crippen LogP contribution in [0.3, 0.4) is 0 Å². The van der Waals surface area contributed by atoms with Crippen molar-refractivity contribution >= 4 is 5.91 Å². The van der Waals surface area contributed by atoms with E-state index >= 15 is 0 Å². The summed E-state index contributed by atoms with van der Waals surface area (Å²) in [5.74, 6) is 0.895. The van der Waals surface area contributed by atoms with Gasteiger partial charge < -0.3 is 20.1 Å². The highest BCUT2D eigenvalue weighted by molar-refractivity contribution is 5.76. The second-order valence-electron chi connectivity index (χ2n) is 6.76. The van der Waals surface area contributed by atoms with Crippen molar-refractivity contribution in [2.75, 3.05) is 40.0 Å². The number of carbonyl (C=O) groups is 1. The van der Waals surface area contributed by atoms with Gasteiger partial charge in [0.1, 0.15) is 5.75 Å². The van der Waals surface area contributed by atoms with E-state index in [1.54, 1.807) is 7.11 Å². The van der Waals surface area contributed by atoms with Gasteiger partial charge in [0.15, 0.2) is 0 Å². The molecule has 5 heteroatoms. The second-order valence-corrected chi connectivity index (χ2v) is 6.76. The zero-order valence-corrected chi connectivity index (χ0v) is 15.1.